The second-order valence-corrected chi connectivity index (χ2v) is 8.55. The number of aromatic nitrogens is 3. The van der Waals surface area contributed by atoms with Gasteiger partial charge in [0.2, 0.25) is 0 Å². The summed E-state index contributed by atoms with van der Waals surface area (Å²) in [5, 5.41) is 11.5. The van der Waals surface area contributed by atoms with Gasteiger partial charge in [0.15, 0.2) is 0 Å². The molecule has 5 rings (SSSR count). The molecule has 6 nitrogen and oxygen atoms in total. The van der Waals surface area contributed by atoms with Gasteiger partial charge in [0.05, 0.1) is 22.6 Å². The Morgan fingerprint density at radius 2 is 2.00 bits per heavy atom. The van der Waals surface area contributed by atoms with Crippen molar-refractivity contribution in [1.82, 2.24) is 15.0 Å². The predicted octanol–water partition coefficient (Wildman–Crippen LogP) is 5.60. The van der Waals surface area contributed by atoms with Gasteiger partial charge in [0, 0.05) is 23.3 Å². The normalized spacial score (nSPS) is 13.9. The lowest BCUT2D eigenvalue weighted by molar-refractivity contribution is 0.112. The fourth-order valence-corrected chi connectivity index (χ4v) is 4.38. The Morgan fingerprint density at radius 3 is 2.59 bits per heavy atom. The number of para-hydroxylation sites is 1. The number of nitrogens with one attached hydrogen (secondary N) is 2. The first-order valence-electron chi connectivity index (χ1n) is 10.3. The Kier molecular flexibility index (Phi) is 6.33. The number of pyridine rings is 1. The second-order valence-electron chi connectivity index (χ2n) is 7.69. The number of nitriles is 1. The van der Waals surface area contributed by atoms with E-state index in [0.717, 1.165) is 46.3 Å². The minimum atomic E-state index is -0.0161. The minimum absolute atomic E-state index is 0.0161. The quantitative estimate of drug-likeness (QED) is 0.365. The number of benzene rings is 2. The largest absolute Gasteiger partial charge is 0.373 e. The molecule has 0 aliphatic heterocycles. The molecule has 2 N–H and O–H groups in total. The SMILES string of the molecule is CNc1ccc(C2(c3nc4c(Br)cccc4[nH]3)CCC2)cn1.N#Cc1cccc(C=O)c1. The topological polar surface area (TPSA) is 94.5 Å². The van der Waals surface area contributed by atoms with Crippen LogP contribution in [0.25, 0.3) is 11.0 Å². The highest BCUT2D eigenvalue weighted by atomic mass is 79.9. The highest BCUT2D eigenvalue weighted by Crippen LogP contribution is 2.48. The number of hydrogen-bond donors (Lipinski definition) is 2. The molecule has 1 saturated carbocycles. The van der Waals surface area contributed by atoms with Gasteiger partial charge in [-0.2, -0.15) is 5.26 Å². The van der Waals surface area contributed by atoms with Crippen molar-refractivity contribution in [3.05, 3.63) is 87.8 Å². The van der Waals surface area contributed by atoms with Gasteiger partial charge in [-0.15, -0.1) is 0 Å². The number of carbonyl (C=O) groups is 1. The number of aldehydes is 1. The molecule has 0 amide bonds. The van der Waals surface area contributed by atoms with Crippen molar-refractivity contribution in [2.75, 3.05) is 12.4 Å². The summed E-state index contributed by atoms with van der Waals surface area (Å²) in [6.45, 7) is 0. The zero-order valence-electron chi connectivity index (χ0n) is 17.6. The molecule has 0 spiro atoms. The van der Waals surface area contributed by atoms with Crippen LogP contribution in [0.1, 0.15) is 46.6 Å². The summed E-state index contributed by atoms with van der Waals surface area (Å²) in [7, 11) is 1.89. The van der Waals surface area contributed by atoms with Gasteiger partial charge in [0.25, 0.3) is 0 Å². The van der Waals surface area contributed by atoms with Crippen molar-refractivity contribution in [3.63, 3.8) is 0 Å². The van der Waals surface area contributed by atoms with Crippen molar-refractivity contribution >= 4 is 39.1 Å². The molecule has 1 fully saturated rings. The summed E-state index contributed by atoms with van der Waals surface area (Å²) in [5.74, 6) is 1.95. The van der Waals surface area contributed by atoms with Crippen molar-refractivity contribution in [3.8, 4) is 6.07 Å². The molecular formula is C25H22BrN5O. The van der Waals surface area contributed by atoms with E-state index in [1.165, 1.54) is 12.0 Å². The number of halogens is 1. The minimum Gasteiger partial charge on any atom is -0.373 e. The molecule has 7 heteroatoms. The van der Waals surface area contributed by atoms with Crippen molar-refractivity contribution in [1.29, 1.82) is 5.26 Å². The maximum absolute atomic E-state index is 10.2. The molecule has 1 aliphatic rings. The number of H-pyrrole nitrogens is 1. The molecule has 2 aromatic carbocycles. The van der Waals surface area contributed by atoms with Crippen LogP contribution in [0.3, 0.4) is 0 Å². The van der Waals surface area contributed by atoms with Gasteiger partial charge >= 0.3 is 0 Å². The molecule has 160 valence electrons. The standard InChI is InChI=1S/C17H17BrN4.C8H5NO/c1-19-14-7-6-11(10-20-14)17(8-3-9-17)16-21-13-5-2-4-12(18)15(13)22-16;9-5-7-2-1-3-8(4-7)6-10/h2,4-7,10H,3,8-9H2,1H3,(H,19,20)(H,21,22);1-4,6H. The average Bonchev–Trinajstić information content (AvgIpc) is 3.25. The molecule has 2 heterocycles. The van der Waals surface area contributed by atoms with Crippen LogP contribution < -0.4 is 5.32 Å². The van der Waals surface area contributed by atoms with E-state index >= 15 is 0 Å². The summed E-state index contributed by atoms with van der Waals surface area (Å²) in [4.78, 5) is 23.0. The third kappa shape index (κ3) is 4.14. The maximum Gasteiger partial charge on any atom is 0.150 e. The zero-order chi connectivity index (χ0) is 22.6. The van der Waals surface area contributed by atoms with Gasteiger partial charge < -0.3 is 10.3 Å². The molecule has 32 heavy (non-hydrogen) atoms. The number of nitrogens with zero attached hydrogens (tertiary/aromatic N) is 3. The second kappa shape index (κ2) is 9.33. The van der Waals surface area contributed by atoms with Crippen LogP contribution >= 0.6 is 15.9 Å². The number of hydrogen-bond acceptors (Lipinski definition) is 5. The summed E-state index contributed by atoms with van der Waals surface area (Å²) >= 11 is 3.59. The Morgan fingerprint density at radius 1 is 1.19 bits per heavy atom. The monoisotopic (exact) mass is 487 g/mol. The van der Waals surface area contributed by atoms with Crippen LogP contribution in [-0.2, 0) is 5.41 Å². The molecular weight excluding hydrogens is 466 g/mol. The molecule has 0 bridgehead atoms. The lowest BCUT2D eigenvalue weighted by atomic mass is 9.64. The van der Waals surface area contributed by atoms with Crippen LogP contribution in [0.4, 0.5) is 5.82 Å². The zero-order valence-corrected chi connectivity index (χ0v) is 19.2. The smallest absolute Gasteiger partial charge is 0.150 e. The van der Waals surface area contributed by atoms with E-state index < -0.39 is 0 Å². The third-order valence-electron chi connectivity index (χ3n) is 5.85. The molecule has 0 atom stereocenters. The van der Waals surface area contributed by atoms with Crippen LogP contribution in [0, 0.1) is 11.3 Å². The Hall–Kier alpha value is -3.50. The van der Waals surface area contributed by atoms with E-state index in [2.05, 4.69) is 43.3 Å². The molecule has 2 aromatic heterocycles. The molecule has 4 aromatic rings. The average molecular weight is 488 g/mol. The lowest BCUT2D eigenvalue weighted by Gasteiger charge is -2.40. The fourth-order valence-electron chi connectivity index (χ4n) is 3.92. The molecule has 0 radical (unpaired) electrons. The van der Waals surface area contributed by atoms with Crippen molar-refractivity contribution in [2.24, 2.45) is 0 Å². The number of rotatable bonds is 4. The Labute approximate surface area is 194 Å². The van der Waals surface area contributed by atoms with Gasteiger partial charge in [-0.3, -0.25) is 4.79 Å². The summed E-state index contributed by atoms with van der Waals surface area (Å²) < 4.78 is 1.03. The van der Waals surface area contributed by atoms with E-state index in [4.69, 9.17) is 10.2 Å². The van der Waals surface area contributed by atoms with Crippen LogP contribution in [0.15, 0.2) is 65.3 Å². The summed E-state index contributed by atoms with van der Waals surface area (Å²) in [6, 6.07) is 18.8. The predicted molar refractivity (Wildman–Crippen MR) is 129 cm³/mol. The molecule has 1 aliphatic carbocycles. The number of aromatic amines is 1. The first-order chi connectivity index (χ1) is 15.6. The van der Waals surface area contributed by atoms with E-state index in [1.807, 2.05) is 37.5 Å². The Bertz CT molecular complexity index is 1290. The van der Waals surface area contributed by atoms with Crippen LogP contribution in [-0.4, -0.2) is 28.3 Å². The van der Waals surface area contributed by atoms with E-state index in [1.54, 1.807) is 24.3 Å². The van der Waals surface area contributed by atoms with Crippen molar-refractivity contribution in [2.45, 2.75) is 24.7 Å². The van der Waals surface area contributed by atoms with Gasteiger partial charge in [0.1, 0.15) is 23.4 Å². The number of fused-ring (bicyclic) bond motifs is 1. The van der Waals surface area contributed by atoms with Gasteiger partial charge in [-0.25, -0.2) is 9.97 Å². The third-order valence-corrected chi connectivity index (χ3v) is 6.49. The van der Waals surface area contributed by atoms with Crippen molar-refractivity contribution < 1.29 is 4.79 Å². The van der Waals surface area contributed by atoms with Crippen LogP contribution in [0.2, 0.25) is 0 Å². The fraction of sp³-hybridized carbons (Fsp3) is 0.200. The molecule has 0 unspecified atom stereocenters. The van der Waals surface area contributed by atoms with E-state index in [-0.39, 0.29) is 5.41 Å². The first-order valence-corrected chi connectivity index (χ1v) is 11.1. The van der Waals surface area contributed by atoms with Gasteiger partial charge in [-0.1, -0.05) is 30.7 Å². The molecule has 0 saturated heterocycles. The number of carbonyl (C=O) groups excluding carboxylic acids is 1. The van der Waals surface area contributed by atoms with Crippen LogP contribution in [0.5, 0.6) is 0 Å². The summed E-state index contributed by atoms with van der Waals surface area (Å²) in [5.41, 5.74) is 4.37. The number of imidazole rings is 1. The highest BCUT2D eigenvalue weighted by Gasteiger charge is 2.43. The highest BCUT2D eigenvalue weighted by molar-refractivity contribution is 9.10. The maximum atomic E-state index is 10.2. The Balaban J connectivity index is 0.000000207. The van der Waals surface area contributed by atoms with Gasteiger partial charge in [-0.05, 0) is 64.7 Å². The lowest BCUT2D eigenvalue weighted by Crippen LogP contribution is -2.36. The summed E-state index contributed by atoms with van der Waals surface area (Å²) in [6.07, 6.45) is 6.16. The number of anilines is 1. The van der Waals surface area contributed by atoms with E-state index in [0.29, 0.717) is 11.1 Å². The van der Waals surface area contributed by atoms with E-state index in [9.17, 15) is 4.79 Å². The first kappa shape index (κ1) is 21.7.